The van der Waals surface area contributed by atoms with Gasteiger partial charge in [0.2, 0.25) is 0 Å². The molecule has 0 spiro atoms. The Hall–Kier alpha value is -2.64. The average molecular weight is 542 g/mol. The van der Waals surface area contributed by atoms with Gasteiger partial charge in [-0.1, -0.05) is 37.0 Å². The van der Waals surface area contributed by atoms with Crippen LogP contribution in [0.1, 0.15) is 36.4 Å². The molecule has 0 N–H and O–H groups in total. The zero-order chi connectivity index (χ0) is 26.7. The summed E-state index contributed by atoms with van der Waals surface area (Å²) in [6.07, 6.45) is 0. The molecule has 2 aromatic carbocycles. The molecule has 4 rings (SSSR count). The summed E-state index contributed by atoms with van der Waals surface area (Å²) in [4.78, 5) is 14.4. The van der Waals surface area contributed by atoms with E-state index in [-0.39, 0.29) is 0 Å². The Morgan fingerprint density at radius 3 is 1.46 bits per heavy atom. The molecule has 0 saturated heterocycles. The first-order valence-electron chi connectivity index (χ1n) is 12.5. The number of fused-ring (bicyclic) bond motifs is 2. The number of rotatable bonds is 10. The molecule has 4 aromatic rings. The Kier molecular flexibility index (Phi) is 8.75. The number of aromatic nitrogens is 2. The van der Waals surface area contributed by atoms with Crippen molar-refractivity contribution in [3.8, 4) is 11.5 Å². The number of halogens is 2. The first-order valence-corrected chi connectivity index (χ1v) is 13.2. The van der Waals surface area contributed by atoms with Crippen LogP contribution in [0.2, 0.25) is 10.0 Å². The number of hydrogen-bond acceptors (Lipinski definition) is 6. The van der Waals surface area contributed by atoms with Gasteiger partial charge in [-0.25, -0.2) is 0 Å². The lowest BCUT2D eigenvalue weighted by Crippen LogP contribution is -2.37. The van der Waals surface area contributed by atoms with Gasteiger partial charge >= 0.3 is 0 Å². The second-order valence-corrected chi connectivity index (χ2v) is 9.93. The third-order valence-electron chi connectivity index (χ3n) is 6.92. The second-order valence-electron chi connectivity index (χ2n) is 9.18. The lowest BCUT2D eigenvalue weighted by atomic mass is 10.1. The highest BCUT2D eigenvalue weighted by molar-refractivity contribution is 6.36. The van der Waals surface area contributed by atoms with Crippen LogP contribution in [-0.4, -0.2) is 53.7 Å². The third-order valence-corrected chi connectivity index (χ3v) is 7.78. The number of pyridine rings is 2. The molecule has 0 amide bonds. The Balaban J connectivity index is 1.59. The van der Waals surface area contributed by atoms with Gasteiger partial charge in [0.15, 0.2) is 0 Å². The fourth-order valence-corrected chi connectivity index (χ4v) is 5.29. The van der Waals surface area contributed by atoms with Gasteiger partial charge in [-0.3, -0.25) is 19.8 Å². The molecule has 0 bridgehead atoms. The molecule has 0 unspecified atom stereocenters. The van der Waals surface area contributed by atoms with Crippen LogP contribution in [0.4, 0.5) is 0 Å². The van der Waals surface area contributed by atoms with Crippen molar-refractivity contribution in [2.45, 2.75) is 40.8 Å². The summed E-state index contributed by atoms with van der Waals surface area (Å²) >= 11 is 13.9. The maximum atomic E-state index is 6.93. The van der Waals surface area contributed by atoms with E-state index in [9.17, 15) is 0 Å². The summed E-state index contributed by atoms with van der Waals surface area (Å²) in [5.41, 5.74) is 5.70. The molecule has 8 heteroatoms. The van der Waals surface area contributed by atoms with Crippen LogP contribution in [-0.2, 0) is 13.1 Å². The predicted octanol–water partition coefficient (Wildman–Crippen LogP) is 7.03. The molecular weight excluding hydrogens is 507 g/mol. The summed E-state index contributed by atoms with van der Waals surface area (Å²) in [6.45, 7) is 12.2. The third kappa shape index (κ3) is 5.78. The smallest absolute Gasteiger partial charge is 0.119 e. The van der Waals surface area contributed by atoms with E-state index < -0.39 is 0 Å². The van der Waals surface area contributed by atoms with E-state index in [0.717, 1.165) is 85.6 Å². The monoisotopic (exact) mass is 540 g/mol. The Bertz CT molecular complexity index is 1320. The van der Waals surface area contributed by atoms with Gasteiger partial charge in [0.25, 0.3) is 0 Å². The standard InChI is InChI=1S/C29H34Cl2N4O2/c1-7-34(15-24-18(3)32-26-11-9-20(36-5)13-22(26)28(24)30)17-35(8-2)16-25-19(4)33-27-12-10-21(37-6)14-23(27)29(25)31/h9-14H,7-8,15-17H2,1-6H3. The van der Waals surface area contributed by atoms with Gasteiger partial charge in [0.1, 0.15) is 11.5 Å². The lowest BCUT2D eigenvalue weighted by Gasteiger charge is -2.30. The molecule has 2 heterocycles. The molecule has 0 atom stereocenters. The van der Waals surface area contributed by atoms with E-state index in [4.69, 9.17) is 42.6 Å². The highest BCUT2D eigenvalue weighted by Crippen LogP contribution is 2.33. The van der Waals surface area contributed by atoms with Gasteiger partial charge in [-0.2, -0.15) is 0 Å². The average Bonchev–Trinajstić information content (AvgIpc) is 2.91. The SMILES string of the molecule is CCN(Cc1c(C)nc2ccc(OC)cc2c1Cl)CN(CC)Cc1c(C)nc2ccc(OC)cc2c1Cl. The van der Waals surface area contributed by atoms with Gasteiger partial charge in [-0.05, 0) is 63.3 Å². The van der Waals surface area contributed by atoms with Gasteiger partial charge < -0.3 is 9.47 Å². The zero-order valence-corrected chi connectivity index (χ0v) is 23.9. The highest BCUT2D eigenvalue weighted by Gasteiger charge is 2.19. The minimum Gasteiger partial charge on any atom is -0.497 e. The van der Waals surface area contributed by atoms with Crippen molar-refractivity contribution in [3.05, 3.63) is 69.0 Å². The van der Waals surface area contributed by atoms with Crippen LogP contribution in [0.3, 0.4) is 0 Å². The van der Waals surface area contributed by atoms with E-state index >= 15 is 0 Å². The topological polar surface area (TPSA) is 50.7 Å². The number of ether oxygens (including phenoxy) is 2. The molecule has 37 heavy (non-hydrogen) atoms. The zero-order valence-electron chi connectivity index (χ0n) is 22.4. The van der Waals surface area contributed by atoms with Crippen LogP contribution in [0.5, 0.6) is 11.5 Å². The molecule has 6 nitrogen and oxygen atoms in total. The van der Waals surface area contributed by atoms with E-state index in [1.807, 2.05) is 50.2 Å². The van der Waals surface area contributed by atoms with Gasteiger partial charge in [-0.15, -0.1) is 0 Å². The number of hydrogen-bond donors (Lipinski definition) is 0. The van der Waals surface area contributed by atoms with Crippen molar-refractivity contribution in [2.75, 3.05) is 34.0 Å². The van der Waals surface area contributed by atoms with Crippen molar-refractivity contribution < 1.29 is 9.47 Å². The molecule has 196 valence electrons. The molecule has 0 fully saturated rings. The van der Waals surface area contributed by atoms with Crippen molar-refractivity contribution >= 4 is 45.0 Å². The highest BCUT2D eigenvalue weighted by atomic mass is 35.5. The number of benzene rings is 2. The fraction of sp³-hybridized carbons (Fsp3) is 0.379. The molecule has 0 aliphatic heterocycles. The van der Waals surface area contributed by atoms with Crippen LogP contribution in [0, 0.1) is 13.8 Å². The van der Waals surface area contributed by atoms with Crippen molar-refractivity contribution in [1.29, 1.82) is 0 Å². The van der Waals surface area contributed by atoms with E-state index in [0.29, 0.717) is 13.1 Å². The molecule has 0 aliphatic rings. The quantitative estimate of drug-likeness (QED) is 0.201. The van der Waals surface area contributed by atoms with E-state index in [1.165, 1.54) is 0 Å². The maximum Gasteiger partial charge on any atom is 0.119 e. The summed E-state index contributed by atoms with van der Waals surface area (Å²) in [5, 5.41) is 3.28. The molecule has 0 saturated carbocycles. The molecule has 2 aromatic heterocycles. The number of nitrogens with zero attached hydrogens (tertiary/aromatic N) is 4. The van der Waals surface area contributed by atoms with Crippen LogP contribution in [0.25, 0.3) is 21.8 Å². The Labute approximate surface area is 229 Å². The van der Waals surface area contributed by atoms with E-state index in [2.05, 4.69) is 23.6 Å². The number of methoxy groups -OCH3 is 2. The van der Waals surface area contributed by atoms with Gasteiger partial charge in [0, 0.05) is 46.4 Å². The van der Waals surface area contributed by atoms with Crippen molar-refractivity contribution in [3.63, 3.8) is 0 Å². The normalized spacial score (nSPS) is 11.7. The van der Waals surface area contributed by atoms with Crippen LogP contribution in [0.15, 0.2) is 36.4 Å². The first kappa shape index (κ1) is 27.4. The largest absolute Gasteiger partial charge is 0.497 e. The summed E-state index contributed by atoms with van der Waals surface area (Å²) in [5.74, 6) is 1.54. The number of aryl methyl sites for hydroxylation is 2. The van der Waals surface area contributed by atoms with Crippen molar-refractivity contribution in [1.82, 2.24) is 19.8 Å². The molecular formula is C29H34Cl2N4O2. The maximum absolute atomic E-state index is 6.93. The van der Waals surface area contributed by atoms with Crippen LogP contribution < -0.4 is 9.47 Å². The Morgan fingerprint density at radius 2 is 1.11 bits per heavy atom. The summed E-state index contributed by atoms with van der Waals surface area (Å²) < 4.78 is 10.8. The van der Waals surface area contributed by atoms with Gasteiger partial charge in [0.05, 0.1) is 42.0 Å². The lowest BCUT2D eigenvalue weighted by molar-refractivity contribution is 0.129. The molecule has 0 aliphatic carbocycles. The van der Waals surface area contributed by atoms with E-state index in [1.54, 1.807) is 14.2 Å². The Morgan fingerprint density at radius 1 is 0.703 bits per heavy atom. The minimum atomic E-state index is 0.692. The summed E-state index contributed by atoms with van der Waals surface area (Å²) in [7, 11) is 3.32. The first-order chi connectivity index (χ1) is 17.8. The van der Waals surface area contributed by atoms with Crippen LogP contribution >= 0.6 is 23.2 Å². The fourth-order valence-electron chi connectivity index (χ4n) is 4.59. The van der Waals surface area contributed by atoms with Crippen molar-refractivity contribution in [2.24, 2.45) is 0 Å². The molecule has 0 radical (unpaired) electrons. The predicted molar refractivity (Wildman–Crippen MR) is 153 cm³/mol. The minimum absolute atomic E-state index is 0.692. The summed E-state index contributed by atoms with van der Waals surface area (Å²) in [6, 6.07) is 11.6. The second kappa shape index (κ2) is 11.8.